The molecule has 0 aromatic carbocycles. The summed E-state index contributed by atoms with van der Waals surface area (Å²) in [5.41, 5.74) is 0.648. The van der Waals surface area contributed by atoms with E-state index in [9.17, 15) is 0 Å². The summed E-state index contributed by atoms with van der Waals surface area (Å²) in [4.78, 5) is 4.11. The fourth-order valence-corrected chi connectivity index (χ4v) is 2.11. The van der Waals surface area contributed by atoms with Crippen LogP contribution in [-0.4, -0.2) is 43.8 Å². The molecule has 0 aliphatic carbocycles. The molecule has 7 nitrogen and oxygen atoms in total. The lowest BCUT2D eigenvalue weighted by Gasteiger charge is -2.28. The van der Waals surface area contributed by atoms with Crippen molar-refractivity contribution >= 4 is 11.5 Å². The van der Waals surface area contributed by atoms with Gasteiger partial charge in [0.15, 0.2) is 11.5 Å². The highest BCUT2D eigenvalue weighted by Gasteiger charge is 2.20. The summed E-state index contributed by atoms with van der Waals surface area (Å²) in [6.07, 6.45) is 5.64. The van der Waals surface area contributed by atoms with Crippen LogP contribution in [0.1, 0.15) is 19.8 Å². The summed E-state index contributed by atoms with van der Waals surface area (Å²) in [6, 6.07) is 0.385. The number of nitrogens with zero attached hydrogens (tertiary/aromatic N) is 5. The van der Waals surface area contributed by atoms with Crippen LogP contribution in [0.25, 0.3) is 5.65 Å². The maximum Gasteiger partial charge on any atom is 0.199 e. The molecule has 3 rings (SSSR count). The summed E-state index contributed by atoms with van der Waals surface area (Å²) < 4.78 is 7.18. The predicted molar refractivity (Wildman–Crippen MR) is 60.6 cm³/mol. The second-order valence-corrected chi connectivity index (χ2v) is 4.29. The van der Waals surface area contributed by atoms with E-state index in [2.05, 4.69) is 32.7 Å². The minimum Gasteiger partial charge on any atom is -0.378 e. The molecule has 2 unspecified atom stereocenters. The van der Waals surface area contributed by atoms with E-state index < -0.39 is 0 Å². The van der Waals surface area contributed by atoms with Crippen LogP contribution in [0.3, 0.4) is 0 Å². The molecule has 0 amide bonds. The van der Waals surface area contributed by atoms with E-state index in [1.54, 1.807) is 16.9 Å². The van der Waals surface area contributed by atoms with Crippen molar-refractivity contribution in [2.45, 2.75) is 31.9 Å². The zero-order valence-corrected chi connectivity index (χ0v) is 9.58. The molecule has 0 saturated carbocycles. The molecule has 1 saturated heterocycles. The third-order valence-electron chi connectivity index (χ3n) is 2.95. The lowest BCUT2D eigenvalue weighted by atomic mass is 10.0. The lowest BCUT2D eigenvalue weighted by molar-refractivity contribution is 0.0231. The lowest BCUT2D eigenvalue weighted by Crippen LogP contribution is -2.33. The summed E-state index contributed by atoms with van der Waals surface area (Å²) >= 11 is 0. The summed E-state index contributed by atoms with van der Waals surface area (Å²) in [5, 5.41) is 14.8. The standard InChI is InChI=1S/C10H14N6O/c1-7-4-8(2-3-17-7)12-9-5-11-6-10-13-14-15-16(9)10/h5-8,12H,2-4H2,1H3. The van der Waals surface area contributed by atoms with Crippen molar-refractivity contribution in [3.63, 3.8) is 0 Å². The second kappa shape index (κ2) is 4.25. The molecule has 3 heterocycles. The molecule has 2 aromatic heterocycles. The molecular weight excluding hydrogens is 220 g/mol. The van der Waals surface area contributed by atoms with Crippen molar-refractivity contribution in [2.75, 3.05) is 11.9 Å². The zero-order valence-electron chi connectivity index (χ0n) is 9.58. The molecule has 0 radical (unpaired) electrons. The average Bonchev–Trinajstić information content (AvgIpc) is 2.78. The first kappa shape index (κ1) is 10.4. The Bertz CT molecular complexity index is 512. The maximum atomic E-state index is 5.52. The Morgan fingerprint density at radius 3 is 3.29 bits per heavy atom. The van der Waals surface area contributed by atoms with Gasteiger partial charge in [0.05, 0.1) is 18.5 Å². The van der Waals surface area contributed by atoms with Crippen LogP contribution in [0.15, 0.2) is 12.4 Å². The topological polar surface area (TPSA) is 77.2 Å². The number of anilines is 1. The van der Waals surface area contributed by atoms with Gasteiger partial charge >= 0.3 is 0 Å². The van der Waals surface area contributed by atoms with Gasteiger partial charge in [-0.15, -0.1) is 5.10 Å². The van der Waals surface area contributed by atoms with Crippen molar-refractivity contribution in [3.8, 4) is 0 Å². The number of fused-ring (bicyclic) bond motifs is 1. The Labute approximate surface area is 98.2 Å². The van der Waals surface area contributed by atoms with Gasteiger partial charge in [-0.05, 0) is 30.2 Å². The van der Waals surface area contributed by atoms with Crippen molar-refractivity contribution in [3.05, 3.63) is 12.4 Å². The van der Waals surface area contributed by atoms with Crippen LogP contribution in [0.2, 0.25) is 0 Å². The number of hydrogen-bond acceptors (Lipinski definition) is 6. The minimum absolute atomic E-state index is 0.294. The molecule has 1 N–H and O–H groups in total. The van der Waals surface area contributed by atoms with Crippen LogP contribution < -0.4 is 5.32 Å². The smallest absolute Gasteiger partial charge is 0.199 e. The first-order valence-electron chi connectivity index (χ1n) is 5.73. The fourth-order valence-electron chi connectivity index (χ4n) is 2.11. The molecule has 7 heteroatoms. The second-order valence-electron chi connectivity index (χ2n) is 4.29. The van der Waals surface area contributed by atoms with Crippen molar-refractivity contribution in [2.24, 2.45) is 0 Å². The molecule has 2 atom stereocenters. The Morgan fingerprint density at radius 2 is 2.41 bits per heavy atom. The van der Waals surface area contributed by atoms with Gasteiger partial charge in [0.2, 0.25) is 0 Å². The van der Waals surface area contributed by atoms with E-state index in [4.69, 9.17) is 4.74 Å². The van der Waals surface area contributed by atoms with Crippen molar-refractivity contribution in [1.29, 1.82) is 0 Å². The molecule has 1 aliphatic heterocycles. The van der Waals surface area contributed by atoms with Gasteiger partial charge in [-0.3, -0.25) is 4.98 Å². The van der Waals surface area contributed by atoms with Gasteiger partial charge in [-0.2, -0.15) is 4.52 Å². The largest absolute Gasteiger partial charge is 0.378 e. The van der Waals surface area contributed by atoms with Crippen LogP contribution >= 0.6 is 0 Å². The summed E-state index contributed by atoms with van der Waals surface area (Å²) in [7, 11) is 0. The van der Waals surface area contributed by atoms with Crippen molar-refractivity contribution < 1.29 is 4.74 Å². The van der Waals surface area contributed by atoms with E-state index in [-0.39, 0.29) is 0 Å². The molecule has 90 valence electrons. The molecule has 1 aliphatic rings. The van der Waals surface area contributed by atoms with Gasteiger partial charge < -0.3 is 10.1 Å². The molecule has 0 spiro atoms. The first-order valence-corrected chi connectivity index (χ1v) is 5.73. The normalized spacial score (nSPS) is 25.0. The van der Waals surface area contributed by atoms with Crippen LogP contribution in [0.4, 0.5) is 5.82 Å². The highest BCUT2D eigenvalue weighted by molar-refractivity contribution is 5.44. The fraction of sp³-hybridized carbons (Fsp3) is 0.600. The van der Waals surface area contributed by atoms with Crippen LogP contribution in [0.5, 0.6) is 0 Å². The number of nitrogens with one attached hydrogen (secondary N) is 1. The Kier molecular flexibility index (Phi) is 2.60. The summed E-state index contributed by atoms with van der Waals surface area (Å²) in [6.45, 7) is 2.88. The number of hydrogen-bond donors (Lipinski definition) is 1. The summed E-state index contributed by atoms with van der Waals surface area (Å²) in [5.74, 6) is 0.826. The Balaban J connectivity index is 1.82. The van der Waals surface area contributed by atoms with Gasteiger partial charge in [-0.25, -0.2) is 0 Å². The number of rotatable bonds is 2. The third kappa shape index (κ3) is 2.05. The van der Waals surface area contributed by atoms with Gasteiger partial charge in [-0.1, -0.05) is 0 Å². The van der Waals surface area contributed by atoms with Gasteiger partial charge in [0.1, 0.15) is 0 Å². The number of aromatic nitrogens is 5. The average molecular weight is 234 g/mol. The number of ether oxygens (including phenoxy) is 1. The quantitative estimate of drug-likeness (QED) is 0.815. The maximum absolute atomic E-state index is 5.52. The van der Waals surface area contributed by atoms with E-state index in [0.717, 1.165) is 25.3 Å². The molecule has 2 aromatic rings. The first-order chi connectivity index (χ1) is 8.33. The monoisotopic (exact) mass is 234 g/mol. The van der Waals surface area contributed by atoms with Crippen molar-refractivity contribution in [1.82, 2.24) is 25.0 Å². The molecule has 0 bridgehead atoms. The highest BCUT2D eigenvalue weighted by Crippen LogP contribution is 2.17. The van der Waals surface area contributed by atoms with E-state index >= 15 is 0 Å². The van der Waals surface area contributed by atoms with Crippen LogP contribution in [-0.2, 0) is 4.74 Å². The van der Waals surface area contributed by atoms with E-state index in [1.165, 1.54) is 0 Å². The predicted octanol–water partition coefficient (Wildman–Crippen LogP) is 0.499. The third-order valence-corrected chi connectivity index (χ3v) is 2.95. The zero-order chi connectivity index (χ0) is 11.7. The Morgan fingerprint density at radius 1 is 1.47 bits per heavy atom. The van der Waals surface area contributed by atoms with Gasteiger partial charge in [0.25, 0.3) is 0 Å². The SMILES string of the molecule is CC1CC(Nc2cncc3nnnn23)CCO1. The molecular formula is C10H14N6O. The Hall–Kier alpha value is -1.76. The van der Waals surface area contributed by atoms with Crippen LogP contribution in [0, 0.1) is 0 Å². The van der Waals surface area contributed by atoms with E-state index in [1.807, 2.05) is 0 Å². The number of tetrazole rings is 1. The highest BCUT2D eigenvalue weighted by atomic mass is 16.5. The molecule has 1 fully saturated rings. The van der Waals surface area contributed by atoms with Gasteiger partial charge in [0, 0.05) is 12.6 Å². The van der Waals surface area contributed by atoms with E-state index in [0.29, 0.717) is 17.8 Å². The molecule has 17 heavy (non-hydrogen) atoms. The minimum atomic E-state index is 0.294.